The third kappa shape index (κ3) is 4.56. The van der Waals surface area contributed by atoms with E-state index < -0.39 is 30.3 Å². The van der Waals surface area contributed by atoms with Gasteiger partial charge in [0.1, 0.15) is 6.04 Å². The van der Waals surface area contributed by atoms with E-state index in [1.54, 1.807) is 20.8 Å². The molecule has 0 rings (SSSR count). The predicted molar refractivity (Wildman–Crippen MR) is 62.1 cm³/mol. The van der Waals surface area contributed by atoms with E-state index in [0.29, 0.717) is 0 Å². The lowest BCUT2D eigenvalue weighted by atomic mass is 10.1. The van der Waals surface area contributed by atoms with Crippen molar-refractivity contribution in [3.05, 3.63) is 0 Å². The number of hydrogen-bond donors (Lipinski definition) is 1. The summed E-state index contributed by atoms with van der Waals surface area (Å²) in [7, 11) is 0. The normalized spacial score (nSPS) is 13.0. The molecule has 0 aliphatic rings. The molecule has 0 saturated heterocycles. The molecule has 0 radical (unpaired) electrons. The Labute approximate surface area is 105 Å². The standard InChI is InChI=1S/C11H20F2N2O3/c1-4-15(5-2)10(17)11(12,13)7-8(14)9(16)18-6-3/h8H,4-7,14H2,1-3H3. The average molecular weight is 266 g/mol. The molecule has 0 aromatic heterocycles. The number of hydrogen-bond acceptors (Lipinski definition) is 4. The Morgan fingerprint density at radius 2 is 1.78 bits per heavy atom. The smallest absolute Gasteiger partial charge is 0.326 e. The van der Waals surface area contributed by atoms with E-state index in [-0.39, 0.29) is 19.7 Å². The van der Waals surface area contributed by atoms with Crippen LogP contribution in [0.1, 0.15) is 27.2 Å². The van der Waals surface area contributed by atoms with Crippen LogP contribution >= 0.6 is 0 Å². The van der Waals surface area contributed by atoms with Crippen LogP contribution in [0.15, 0.2) is 0 Å². The Kier molecular flexibility index (Phi) is 6.75. The summed E-state index contributed by atoms with van der Waals surface area (Å²) in [5, 5.41) is 0. The summed E-state index contributed by atoms with van der Waals surface area (Å²) in [6, 6.07) is -1.50. The Morgan fingerprint density at radius 1 is 1.28 bits per heavy atom. The molecule has 0 fully saturated rings. The second-order valence-electron chi connectivity index (χ2n) is 3.74. The molecule has 0 aromatic rings. The molecule has 1 amide bonds. The molecule has 0 bridgehead atoms. The minimum Gasteiger partial charge on any atom is -0.465 e. The number of carbonyl (C=O) groups excluding carboxylic acids is 2. The van der Waals surface area contributed by atoms with Crippen molar-refractivity contribution in [3.63, 3.8) is 0 Å². The lowest BCUT2D eigenvalue weighted by Crippen LogP contribution is -2.48. The monoisotopic (exact) mass is 266 g/mol. The van der Waals surface area contributed by atoms with Gasteiger partial charge >= 0.3 is 11.9 Å². The molecule has 0 aliphatic heterocycles. The van der Waals surface area contributed by atoms with Gasteiger partial charge in [-0.2, -0.15) is 8.78 Å². The highest BCUT2D eigenvalue weighted by Crippen LogP contribution is 2.23. The van der Waals surface area contributed by atoms with E-state index in [1.807, 2.05) is 0 Å². The molecule has 0 spiro atoms. The van der Waals surface area contributed by atoms with Gasteiger partial charge < -0.3 is 15.4 Å². The fourth-order valence-electron chi connectivity index (χ4n) is 1.44. The Balaban J connectivity index is 4.63. The molecule has 1 atom stereocenters. The van der Waals surface area contributed by atoms with E-state index in [1.165, 1.54) is 0 Å². The van der Waals surface area contributed by atoms with Crippen LogP contribution in [0.25, 0.3) is 0 Å². The first-order valence-corrected chi connectivity index (χ1v) is 5.89. The maximum absolute atomic E-state index is 13.6. The molecule has 106 valence electrons. The van der Waals surface area contributed by atoms with E-state index in [9.17, 15) is 18.4 Å². The zero-order valence-electron chi connectivity index (χ0n) is 10.9. The van der Waals surface area contributed by atoms with Crippen LogP contribution in [0.4, 0.5) is 8.78 Å². The zero-order chi connectivity index (χ0) is 14.3. The van der Waals surface area contributed by atoms with Crippen molar-refractivity contribution in [3.8, 4) is 0 Å². The first kappa shape index (κ1) is 16.8. The molecule has 1 unspecified atom stereocenters. The number of esters is 1. The third-order valence-electron chi connectivity index (χ3n) is 2.43. The van der Waals surface area contributed by atoms with Gasteiger partial charge in [0.25, 0.3) is 5.91 Å². The molecule has 18 heavy (non-hydrogen) atoms. The molecule has 2 N–H and O–H groups in total. The highest BCUT2D eigenvalue weighted by atomic mass is 19.3. The van der Waals surface area contributed by atoms with Gasteiger partial charge in [-0.1, -0.05) is 0 Å². The van der Waals surface area contributed by atoms with E-state index in [2.05, 4.69) is 4.74 Å². The average Bonchev–Trinajstić information content (AvgIpc) is 2.30. The molecular weight excluding hydrogens is 246 g/mol. The van der Waals surface area contributed by atoms with E-state index >= 15 is 0 Å². The summed E-state index contributed by atoms with van der Waals surface area (Å²) in [5.41, 5.74) is 5.28. The van der Waals surface area contributed by atoms with Crippen LogP contribution in [0, 0.1) is 0 Å². The van der Waals surface area contributed by atoms with Gasteiger partial charge in [-0.05, 0) is 20.8 Å². The number of halogens is 2. The number of nitrogens with zero attached hydrogens (tertiary/aromatic N) is 1. The molecule has 0 aliphatic carbocycles. The van der Waals surface area contributed by atoms with Crippen molar-refractivity contribution >= 4 is 11.9 Å². The van der Waals surface area contributed by atoms with E-state index in [4.69, 9.17) is 5.73 Å². The lowest BCUT2D eigenvalue weighted by molar-refractivity contribution is -0.161. The third-order valence-corrected chi connectivity index (χ3v) is 2.43. The minimum atomic E-state index is -3.65. The summed E-state index contributed by atoms with van der Waals surface area (Å²) < 4.78 is 31.7. The minimum absolute atomic E-state index is 0.0576. The van der Waals surface area contributed by atoms with Gasteiger partial charge in [-0.15, -0.1) is 0 Å². The Bertz CT molecular complexity index is 294. The summed E-state index contributed by atoms with van der Waals surface area (Å²) in [6.45, 7) is 5.16. The van der Waals surface area contributed by atoms with Crippen molar-refractivity contribution in [2.75, 3.05) is 19.7 Å². The predicted octanol–water partition coefficient (Wildman–Crippen LogP) is 0.771. The lowest BCUT2D eigenvalue weighted by Gasteiger charge is -2.25. The molecule has 5 nitrogen and oxygen atoms in total. The van der Waals surface area contributed by atoms with Gasteiger partial charge in [-0.3, -0.25) is 9.59 Å². The quantitative estimate of drug-likeness (QED) is 0.691. The fourth-order valence-corrected chi connectivity index (χ4v) is 1.44. The molecule has 0 heterocycles. The fraction of sp³-hybridized carbons (Fsp3) is 0.818. The molecule has 0 aromatic carbocycles. The van der Waals surface area contributed by atoms with Crippen LogP contribution in [0.3, 0.4) is 0 Å². The zero-order valence-corrected chi connectivity index (χ0v) is 10.9. The van der Waals surface area contributed by atoms with Gasteiger partial charge in [-0.25, -0.2) is 0 Å². The van der Waals surface area contributed by atoms with Crippen LogP contribution in [-0.4, -0.2) is 48.4 Å². The SMILES string of the molecule is CCOC(=O)C(N)CC(F)(F)C(=O)N(CC)CC. The largest absolute Gasteiger partial charge is 0.465 e. The number of rotatable bonds is 7. The van der Waals surface area contributed by atoms with E-state index in [0.717, 1.165) is 4.90 Å². The maximum atomic E-state index is 13.6. The highest BCUT2D eigenvalue weighted by Gasteiger charge is 2.44. The summed E-state index contributed by atoms with van der Waals surface area (Å²) in [4.78, 5) is 23.7. The van der Waals surface area contributed by atoms with Crippen LogP contribution in [0.2, 0.25) is 0 Å². The van der Waals surface area contributed by atoms with Gasteiger partial charge in [0.15, 0.2) is 0 Å². The molecular formula is C11H20F2N2O3. The number of carbonyl (C=O) groups is 2. The Hall–Kier alpha value is -1.24. The van der Waals surface area contributed by atoms with Gasteiger partial charge in [0, 0.05) is 19.5 Å². The number of amides is 1. The Morgan fingerprint density at radius 3 is 2.17 bits per heavy atom. The summed E-state index contributed by atoms with van der Waals surface area (Å²) in [5.74, 6) is -5.89. The van der Waals surface area contributed by atoms with Crippen molar-refractivity contribution in [1.29, 1.82) is 0 Å². The van der Waals surface area contributed by atoms with Crippen molar-refractivity contribution in [2.45, 2.75) is 39.2 Å². The summed E-state index contributed by atoms with van der Waals surface area (Å²) >= 11 is 0. The van der Waals surface area contributed by atoms with Crippen molar-refractivity contribution < 1.29 is 23.1 Å². The maximum Gasteiger partial charge on any atom is 0.326 e. The van der Waals surface area contributed by atoms with Crippen LogP contribution < -0.4 is 5.73 Å². The number of ether oxygens (including phenoxy) is 1. The van der Waals surface area contributed by atoms with Crippen LogP contribution in [0.5, 0.6) is 0 Å². The first-order valence-electron chi connectivity index (χ1n) is 5.89. The van der Waals surface area contributed by atoms with Crippen LogP contribution in [-0.2, 0) is 14.3 Å². The topological polar surface area (TPSA) is 72.6 Å². The van der Waals surface area contributed by atoms with Gasteiger partial charge in [0.05, 0.1) is 6.61 Å². The van der Waals surface area contributed by atoms with Crippen molar-refractivity contribution in [2.24, 2.45) is 5.73 Å². The summed E-state index contributed by atoms with van der Waals surface area (Å²) in [6.07, 6.45) is -1.04. The highest BCUT2D eigenvalue weighted by molar-refractivity contribution is 5.85. The number of alkyl halides is 2. The first-order chi connectivity index (χ1) is 8.30. The molecule has 0 saturated carbocycles. The second kappa shape index (κ2) is 7.25. The van der Waals surface area contributed by atoms with Gasteiger partial charge in [0.2, 0.25) is 0 Å². The second-order valence-corrected chi connectivity index (χ2v) is 3.74. The van der Waals surface area contributed by atoms with Crippen molar-refractivity contribution in [1.82, 2.24) is 4.90 Å². The molecule has 7 heteroatoms. The number of nitrogens with two attached hydrogens (primary N) is 1.